The molecular formula is C13H19NO3. The van der Waals surface area contributed by atoms with E-state index in [0.29, 0.717) is 11.3 Å². The van der Waals surface area contributed by atoms with Crippen molar-refractivity contribution in [2.24, 2.45) is 11.3 Å². The Morgan fingerprint density at radius 3 is 2.71 bits per heavy atom. The van der Waals surface area contributed by atoms with Crippen LogP contribution in [0.25, 0.3) is 0 Å². The van der Waals surface area contributed by atoms with Gasteiger partial charge in [0.15, 0.2) is 0 Å². The van der Waals surface area contributed by atoms with Crippen LogP contribution >= 0.6 is 0 Å². The lowest BCUT2D eigenvalue weighted by Gasteiger charge is -2.15. The number of hydrogen-bond donors (Lipinski definition) is 1. The molecule has 2 atom stereocenters. The molecule has 0 saturated heterocycles. The molecule has 2 rings (SSSR count). The molecule has 4 heteroatoms. The van der Waals surface area contributed by atoms with E-state index in [1.165, 1.54) is 13.5 Å². The monoisotopic (exact) mass is 237 g/mol. The van der Waals surface area contributed by atoms with Crippen molar-refractivity contribution in [1.29, 1.82) is 0 Å². The lowest BCUT2D eigenvalue weighted by Crippen LogP contribution is -2.20. The maximum absolute atomic E-state index is 11.3. The van der Waals surface area contributed by atoms with E-state index in [4.69, 9.17) is 4.42 Å². The van der Waals surface area contributed by atoms with E-state index >= 15 is 0 Å². The van der Waals surface area contributed by atoms with Crippen LogP contribution in [0.3, 0.4) is 0 Å². The fourth-order valence-electron chi connectivity index (χ4n) is 2.35. The van der Waals surface area contributed by atoms with Gasteiger partial charge in [0.1, 0.15) is 5.76 Å². The zero-order chi connectivity index (χ0) is 12.6. The summed E-state index contributed by atoms with van der Waals surface area (Å²) in [4.78, 5) is 11.3. The van der Waals surface area contributed by atoms with E-state index in [0.717, 1.165) is 5.76 Å². The molecule has 1 aliphatic rings. The Morgan fingerprint density at radius 2 is 2.24 bits per heavy atom. The van der Waals surface area contributed by atoms with Crippen LogP contribution in [0.1, 0.15) is 42.6 Å². The van der Waals surface area contributed by atoms with E-state index in [1.807, 2.05) is 13.1 Å². The van der Waals surface area contributed by atoms with Gasteiger partial charge in [-0.1, -0.05) is 13.8 Å². The van der Waals surface area contributed by atoms with Crippen molar-refractivity contribution in [2.45, 2.75) is 26.3 Å². The van der Waals surface area contributed by atoms with Crippen LogP contribution in [0.5, 0.6) is 0 Å². The number of esters is 1. The van der Waals surface area contributed by atoms with Gasteiger partial charge in [0.2, 0.25) is 5.76 Å². The smallest absolute Gasteiger partial charge is 0.373 e. The maximum atomic E-state index is 11.3. The molecule has 1 fully saturated rings. The number of carbonyl (C=O) groups excluding carboxylic acids is 1. The molecular weight excluding hydrogens is 218 g/mol. The van der Waals surface area contributed by atoms with Crippen LogP contribution in [0.4, 0.5) is 0 Å². The second kappa shape index (κ2) is 4.18. The molecule has 0 amide bonds. The summed E-state index contributed by atoms with van der Waals surface area (Å²) in [5, 5.41) is 3.26. The average molecular weight is 237 g/mol. The largest absolute Gasteiger partial charge is 0.463 e. The first-order valence-corrected chi connectivity index (χ1v) is 5.85. The van der Waals surface area contributed by atoms with Crippen LogP contribution < -0.4 is 5.32 Å². The van der Waals surface area contributed by atoms with Gasteiger partial charge in [-0.05, 0) is 36.9 Å². The Hall–Kier alpha value is -1.29. The van der Waals surface area contributed by atoms with Crippen molar-refractivity contribution in [2.75, 3.05) is 14.2 Å². The minimum atomic E-state index is -0.429. The highest BCUT2D eigenvalue weighted by Crippen LogP contribution is 2.57. The number of hydrogen-bond acceptors (Lipinski definition) is 4. The van der Waals surface area contributed by atoms with Gasteiger partial charge in [0.05, 0.1) is 13.2 Å². The summed E-state index contributed by atoms with van der Waals surface area (Å²) in [5.41, 5.74) is 0.353. The Balaban J connectivity index is 2.16. The van der Waals surface area contributed by atoms with E-state index in [2.05, 4.69) is 23.9 Å². The van der Waals surface area contributed by atoms with E-state index in [-0.39, 0.29) is 11.8 Å². The van der Waals surface area contributed by atoms with Crippen molar-refractivity contribution in [3.8, 4) is 0 Å². The molecule has 0 aliphatic heterocycles. The second-order valence-electron chi connectivity index (χ2n) is 5.26. The van der Waals surface area contributed by atoms with Crippen LogP contribution in [-0.2, 0) is 4.74 Å². The summed E-state index contributed by atoms with van der Waals surface area (Å²) in [5.74, 6) is 1.20. The second-order valence-corrected chi connectivity index (χ2v) is 5.26. The number of furan rings is 1. The fourth-order valence-corrected chi connectivity index (χ4v) is 2.35. The van der Waals surface area contributed by atoms with Gasteiger partial charge in [0.25, 0.3) is 0 Å². The first-order chi connectivity index (χ1) is 7.99. The molecule has 1 aromatic heterocycles. The molecule has 1 aliphatic carbocycles. The van der Waals surface area contributed by atoms with Gasteiger partial charge in [-0.2, -0.15) is 0 Å². The Kier molecular flexibility index (Phi) is 3.00. The van der Waals surface area contributed by atoms with Gasteiger partial charge in [-0.15, -0.1) is 0 Å². The number of nitrogens with one attached hydrogen (secondary N) is 1. The van der Waals surface area contributed by atoms with Crippen molar-refractivity contribution in [3.05, 3.63) is 23.7 Å². The summed E-state index contributed by atoms with van der Waals surface area (Å²) >= 11 is 0. The lowest BCUT2D eigenvalue weighted by molar-refractivity contribution is 0.0561. The quantitative estimate of drug-likeness (QED) is 0.817. The minimum Gasteiger partial charge on any atom is -0.463 e. The molecule has 17 heavy (non-hydrogen) atoms. The highest BCUT2D eigenvalue weighted by atomic mass is 16.5. The SMILES string of the molecule is CNC(c1ccc(C(=O)OC)o1)C1CC1(C)C. The van der Waals surface area contributed by atoms with Gasteiger partial charge >= 0.3 is 5.97 Å². The maximum Gasteiger partial charge on any atom is 0.373 e. The molecule has 0 spiro atoms. The zero-order valence-corrected chi connectivity index (χ0v) is 10.7. The van der Waals surface area contributed by atoms with Gasteiger partial charge in [-0.3, -0.25) is 0 Å². The summed E-state index contributed by atoms with van der Waals surface area (Å²) in [7, 11) is 3.27. The van der Waals surface area contributed by atoms with E-state index in [1.54, 1.807) is 6.07 Å². The van der Waals surface area contributed by atoms with Gasteiger partial charge < -0.3 is 14.5 Å². The lowest BCUT2D eigenvalue weighted by atomic mass is 10.0. The number of methoxy groups -OCH3 is 1. The molecule has 0 bridgehead atoms. The third-order valence-corrected chi connectivity index (χ3v) is 3.62. The summed E-state index contributed by atoms with van der Waals surface area (Å²) in [6.07, 6.45) is 1.17. The number of rotatable bonds is 4. The first-order valence-electron chi connectivity index (χ1n) is 5.85. The Bertz CT molecular complexity index is 422. The zero-order valence-electron chi connectivity index (χ0n) is 10.7. The molecule has 1 N–H and O–H groups in total. The first kappa shape index (κ1) is 12.2. The topological polar surface area (TPSA) is 51.5 Å². The van der Waals surface area contributed by atoms with Gasteiger partial charge in [-0.25, -0.2) is 4.79 Å². The third kappa shape index (κ3) is 2.22. The van der Waals surface area contributed by atoms with Crippen molar-refractivity contribution in [1.82, 2.24) is 5.32 Å². The molecule has 0 radical (unpaired) electrons. The van der Waals surface area contributed by atoms with E-state index < -0.39 is 5.97 Å². The van der Waals surface area contributed by atoms with Crippen LogP contribution in [0.2, 0.25) is 0 Å². The number of ether oxygens (including phenoxy) is 1. The van der Waals surface area contributed by atoms with Crippen LogP contribution in [0, 0.1) is 11.3 Å². The molecule has 94 valence electrons. The molecule has 2 unspecified atom stereocenters. The molecule has 1 saturated carbocycles. The molecule has 0 aromatic carbocycles. The van der Waals surface area contributed by atoms with Crippen LogP contribution in [-0.4, -0.2) is 20.1 Å². The predicted octanol–water partition coefficient (Wildman–Crippen LogP) is 2.37. The summed E-state index contributed by atoms with van der Waals surface area (Å²) in [6, 6.07) is 3.69. The minimum absolute atomic E-state index is 0.170. The van der Waals surface area contributed by atoms with E-state index in [9.17, 15) is 4.79 Å². The summed E-state index contributed by atoms with van der Waals surface area (Å²) in [6.45, 7) is 4.48. The third-order valence-electron chi connectivity index (χ3n) is 3.62. The highest BCUT2D eigenvalue weighted by molar-refractivity contribution is 5.86. The highest BCUT2D eigenvalue weighted by Gasteiger charge is 2.51. The molecule has 4 nitrogen and oxygen atoms in total. The molecule has 1 aromatic rings. The van der Waals surface area contributed by atoms with Crippen molar-refractivity contribution >= 4 is 5.97 Å². The standard InChI is InChI=1S/C13H19NO3/c1-13(2)7-8(13)11(14-3)9-5-6-10(17-9)12(15)16-4/h5-6,8,11,14H,7H2,1-4H3. The van der Waals surface area contributed by atoms with Crippen LogP contribution in [0.15, 0.2) is 16.5 Å². The normalized spacial score (nSPS) is 23.2. The fraction of sp³-hybridized carbons (Fsp3) is 0.615. The van der Waals surface area contributed by atoms with Gasteiger partial charge in [0, 0.05) is 0 Å². The Labute approximate surface area is 101 Å². The van der Waals surface area contributed by atoms with Crippen molar-refractivity contribution < 1.29 is 13.9 Å². The molecule has 1 heterocycles. The predicted molar refractivity (Wildman–Crippen MR) is 63.7 cm³/mol. The Morgan fingerprint density at radius 1 is 1.59 bits per heavy atom. The number of carbonyl (C=O) groups is 1. The van der Waals surface area contributed by atoms with Crippen molar-refractivity contribution in [3.63, 3.8) is 0 Å². The summed E-state index contributed by atoms with van der Waals surface area (Å²) < 4.78 is 10.2. The average Bonchev–Trinajstić information content (AvgIpc) is 2.75.